The van der Waals surface area contributed by atoms with Crippen LogP contribution >= 0.6 is 24.0 Å². The molecular formula is C19H26IN5O. The molecule has 0 fully saturated rings. The molecule has 0 unspecified atom stereocenters. The number of carbonyl (C=O) groups excluding carboxylic acids is 1. The second-order valence-electron chi connectivity index (χ2n) is 5.80. The predicted octanol–water partition coefficient (Wildman–Crippen LogP) is 3.01. The first kappa shape index (κ1) is 21.9. The third-order valence-electron chi connectivity index (χ3n) is 3.60. The number of pyridine rings is 1. The summed E-state index contributed by atoms with van der Waals surface area (Å²) in [4.78, 5) is 20.4. The van der Waals surface area contributed by atoms with E-state index in [1.165, 1.54) is 11.1 Å². The topological polar surface area (TPSA) is 78.4 Å². The molecule has 0 aliphatic heterocycles. The fourth-order valence-electron chi connectivity index (χ4n) is 2.22. The van der Waals surface area contributed by atoms with Crippen LogP contribution in [0.1, 0.15) is 23.2 Å². The summed E-state index contributed by atoms with van der Waals surface area (Å²) in [6.07, 6.45) is 0.334. The highest BCUT2D eigenvalue weighted by atomic mass is 127. The molecule has 0 radical (unpaired) electrons. The van der Waals surface area contributed by atoms with E-state index in [1.807, 2.05) is 19.1 Å². The molecule has 0 bridgehead atoms. The van der Waals surface area contributed by atoms with Crippen LogP contribution in [0.4, 0.5) is 5.82 Å². The van der Waals surface area contributed by atoms with Crippen LogP contribution in [0.5, 0.6) is 0 Å². The Balaban J connectivity index is 0.00000338. The number of nitrogens with zero attached hydrogens (tertiary/aromatic N) is 2. The van der Waals surface area contributed by atoms with Crippen LogP contribution in [0.15, 0.2) is 47.5 Å². The standard InChI is InChI=1S/C19H25N5O.HI/c1-14-7-9-16(10-8-14)13-22-19(20-3)21-12-11-18(25)24-17-6-4-5-15(2)23-17;/h4-10H,11-13H2,1-3H3,(H2,20,21,22)(H,23,24,25);1H. The van der Waals surface area contributed by atoms with Gasteiger partial charge in [0.1, 0.15) is 5.82 Å². The lowest BCUT2D eigenvalue weighted by atomic mass is 10.1. The predicted molar refractivity (Wildman–Crippen MR) is 117 cm³/mol. The molecule has 0 atom stereocenters. The maximum Gasteiger partial charge on any atom is 0.227 e. The molecule has 0 saturated heterocycles. The Bertz CT molecular complexity index is 731. The second kappa shape index (κ2) is 11.5. The van der Waals surface area contributed by atoms with Crippen molar-refractivity contribution in [3.63, 3.8) is 0 Å². The molecule has 6 nitrogen and oxygen atoms in total. The Morgan fingerprint density at radius 1 is 1.08 bits per heavy atom. The Morgan fingerprint density at radius 2 is 1.81 bits per heavy atom. The molecule has 0 aliphatic carbocycles. The van der Waals surface area contributed by atoms with E-state index in [0.717, 1.165) is 5.69 Å². The number of hydrogen-bond acceptors (Lipinski definition) is 3. The fraction of sp³-hybridized carbons (Fsp3) is 0.316. The van der Waals surface area contributed by atoms with Crippen molar-refractivity contribution in [3.8, 4) is 0 Å². The highest BCUT2D eigenvalue weighted by Gasteiger charge is 2.04. The van der Waals surface area contributed by atoms with Crippen LogP contribution < -0.4 is 16.0 Å². The largest absolute Gasteiger partial charge is 0.356 e. The zero-order valence-electron chi connectivity index (χ0n) is 15.4. The van der Waals surface area contributed by atoms with Crippen molar-refractivity contribution in [2.45, 2.75) is 26.8 Å². The maximum atomic E-state index is 12.0. The summed E-state index contributed by atoms with van der Waals surface area (Å²) in [5.74, 6) is 1.16. The van der Waals surface area contributed by atoms with Gasteiger partial charge in [-0.15, -0.1) is 24.0 Å². The van der Waals surface area contributed by atoms with Gasteiger partial charge in [-0.3, -0.25) is 9.79 Å². The molecular weight excluding hydrogens is 441 g/mol. The zero-order valence-corrected chi connectivity index (χ0v) is 17.7. The van der Waals surface area contributed by atoms with Gasteiger partial charge < -0.3 is 16.0 Å². The highest BCUT2D eigenvalue weighted by Crippen LogP contribution is 2.04. The summed E-state index contributed by atoms with van der Waals surface area (Å²) in [6, 6.07) is 13.9. The number of halogens is 1. The van der Waals surface area contributed by atoms with Crippen molar-refractivity contribution in [1.82, 2.24) is 15.6 Å². The minimum Gasteiger partial charge on any atom is -0.356 e. The third kappa shape index (κ3) is 7.81. The zero-order chi connectivity index (χ0) is 18.1. The highest BCUT2D eigenvalue weighted by molar-refractivity contribution is 14.0. The summed E-state index contributed by atoms with van der Waals surface area (Å²) < 4.78 is 0. The summed E-state index contributed by atoms with van der Waals surface area (Å²) in [5.41, 5.74) is 3.29. The molecule has 26 heavy (non-hydrogen) atoms. The first-order valence-electron chi connectivity index (χ1n) is 8.30. The maximum absolute atomic E-state index is 12.0. The van der Waals surface area contributed by atoms with Gasteiger partial charge in [-0.1, -0.05) is 35.9 Å². The molecule has 0 spiro atoms. The molecule has 1 aromatic heterocycles. The first-order chi connectivity index (χ1) is 12.1. The monoisotopic (exact) mass is 467 g/mol. The average molecular weight is 467 g/mol. The van der Waals surface area contributed by atoms with Gasteiger partial charge in [-0.2, -0.15) is 0 Å². The van der Waals surface area contributed by atoms with Gasteiger partial charge in [0, 0.05) is 32.3 Å². The van der Waals surface area contributed by atoms with Gasteiger partial charge in [0.15, 0.2) is 5.96 Å². The van der Waals surface area contributed by atoms with Crippen molar-refractivity contribution in [1.29, 1.82) is 0 Å². The SMILES string of the molecule is CN=C(NCCC(=O)Nc1cccc(C)n1)NCc1ccc(C)cc1.I. The minimum atomic E-state index is -0.0837. The van der Waals surface area contributed by atoms with Gasteiger partial charge in [0.05, 0.1) is 0 Å². The Kier molecular flexibility index (Phi) is 9.64. The molecule has 2 aromatic rings. The number of amides is 1. The second-order valence-corrected chi connectivity index (χ2v) is 5.80. The van der Waals surface area contributed by atoms with E-state index in [-0.39, 0.29) is 29.9 Å². The minimum absolute atomic E-state index is 0. The Morgan fingerprint density at radius 3 is 2.46 bits per heavy atom. The van der Waals surface area contributed by atoms with Crippen molar-refractivity contribution >= 4 is 41.7 Å². The van der Waals surface area contributed by atoms with E-state index in [9.17, 15) is 4.79 Å². The van der Waals surface area contributed by atoms with Crippen LogP contribution in [-0.4, -0.2) is 30.4 Å². The van der Waals surface area contributed by atoms with E-state index in [0.29, 0.717) is 31.3 Å². The summed E-state index contributed by atoms with van der Waals surface area (Å²) in [5, 5.41) is 9.15. The molecule has 140 valence electrons. The number of carbonyl (C=O) groups is 1. The van der Waals surface area contributed by atoms with Crippen LogP contribution in [0, 0.1) is 13.8 Å². The summed E-state index contributed by atoms with van der Waals surface area (Å²) in [6.45, 7) is 5.13. The van der Waals surface area contributed by atoms with Crippen LogP contribution in [-0.2, 0) is 11.3 Å². The van der Waals surface area contributed by atoms with E-state index in [2.05, 4.69) is 57.1 Å². The number of anilines is 1. The number of aromatic nitrogens is 1. The lowest BCUT2D eigenvalue weighted by Gasteiger charge is -2.12. The van der Waals surface area contributed by atoms with Crippen LogP contribution in [0.2, 0.25) is 0 Å². The molecule has 0 saturated carbocycles. The lowest BCUT2D eigenvalue weighted by Crippen LogP contribution is -2.38. The lowest BCUT2D eigenvalue weighted by molar-refractivity contribution is -0.116. The van der Waals surface area contributed by atoms with Gasteiger partial charge in [-0.05, 0) is 31.5 Å². The van der Waals surface area contributed by atoms with Gasteiger partial charge >= 0.3 is 0 Å². The number of nitrogens with one attached hydrogen (secondary N) is 3. The Labute approximate surface area is 171 Å². The van der Waals surface area contributed by atoms with E-state index >= 15 is 0 Å². The quantitative estimate of drug-likeness (QED) is 0.347. The smallest absolute Gasteiger partial charge is 0.227 e. The average Bonchev–Trinajstić information content (AvgIpc) is 2.59. The number of aryl methyl sites for hydroxylation is 2. The van der Waals surface area contributed by atoms with Crippen molar-refractivity contribution in [2.24, 2.45) is 4.99 Å². The fourth-order valence-corrected chi connectivity index (χ4v) is 2.22. The number of aliphatic imine (C=N–C) groups is 1. The number of rotatable bonds is 6. The molecule has 1 aromatic carbocycles. The van der Waals surface area contributed by atoms with E-state index in [1.54, 1.807) is 13.1 Å². The van der Waals surface area contributed by atoms with Gasteiger partial charge in [-0.25, -0.2) is 4.98 Å². The molecule has 1 amide bonds. The molecule has 0 aliphatic rings. The van der Waals surface area contributed by atoms with Crippen molar-refractivity contribution in [2.75, 3.05) is 18.9 Å². The third-order valence-corrected chi connectivity index (χ3v) is 3.60. The molecule has 7 heteroatoms. The van der Waals surface area contributed by atoms with Crippen molar-refractivity contribution < 1.29 is 4.79 Å². The summed E-state index contributed by atoms with van der Waals surface area (Å²) >= 11 is 0. The summed E-state index contributed by atoms with van der Waals surface area (Å²) in [7, 11) is 1.71. The number of benzene rings is 1. The van der Waals surface area contributed by atoms with E-state index < -0.39 is 0 Å². The number of hydrogen-bond donors (Lipinski definition) is 3. The molecule has 2 rings (SSSR count). The number of guanidine groups is 1. The molecule has 3 N–H and O–H groups in total. The van der Waals surface area contributed by atoms with Gasteiger partial charge in [0.2, 0.25) is 5.91 Å². The van der Waals surface area contributed by atoms with Crippen LogP contribution in [0.3, 0.4) is 0 Å². The molecule has 1 heterocycles. The van der Waals surface area contributed by atoms with Gasteiger partial charge in [0.25, 0.3) is 0 Å². The van der Waals surface area contributed by atoms with Crippen molar-refractivity contribution in [3.05, 3.63) is 59.3 Å². The normalized spacial score (nSPS) is 10.7. The van der Waals surface area contributed by atoms with E-state index in [4.69, 9.17) is 0 Å². The van der Waals surface area contributed by atoms with Crippen LogP contribution in [0.25, 0.3) is 0 Å². The first-order valence-corrected chi connectivity index (χ1v) is 8.30. The Hall–Kier alpha value is -2.16.